The number of allylic oxidation sites excluding steroid dienone is 2. The molecule has 334 valence electrons. The van der Waals surface area contributed by atoms with Crippen molar-refractivity contribution in [2.45, 2.75) is 18.1 Å². The quantitative estimate of drug-likeness (QED) is 0.186. The number of fused-ring (bicyclic) bond motifs is 15. The Balaban J connectivity index is 0.778. The highest BCUT2D eigenvalue weighted by molar-refractivity contribution is 7.25. The maximum absolute atomic E-state index is 6.73. The van der Waals surface area contributed by atoms with Gasteiger partial charge in [-0.25, -0.2) is 9.98 Å². The van der Waals surface area contributed by atoms with Crippen molar-refractivity contribution in [1.29, 1.82) is 0 Å². The summed E-state index contributed by atoms with van der Waals surface area (Å²) in [6, 6.07) is 64.6. The molecule has 1 N–H and O–H groups in total. The Labute approximate surface area is 409 Å². The topological polar surface area (TPSA) is 79.4 Å². The molecule has 0 saturated carbocycles. The molecule has 0 saturated heterocycles. The summed E-state index contributed by atoms with van der Waals surface area (Å²) in [6.07, 6.45) is 8.57. The Morgan fingerprint density at radius 1 is 0.479 bits per heavy atom. The molecule has 6 heterocycles. The van der Waals surface area contributed by atoms with E-state index in [2.05, 4.69) is 168 Å². The first-order valence-corrected chi connectivity index (χ1v) is 24.9. The van der Waals surface area contributed by atoms with Crippen molar-refractivity contribution < 1.29 is 13.3 Å². The highest BCUT2D eigenvalue weighted by atomic mass is 32.1. The van der Waals surface area contributed by atoms with Gasteiger partial charge in [0.15, 0.2) is 5.84 Å². The molecule has 3 unspecified atom stereocenters. The zero-order chi connectivity index (χ0) is 46.3. The van der Waals surface area contributed by atoms with E-state index in [-0.39, 0.29) is 6.04 Å². The van der Waals surface area contributed by atoms with Gasteiger partial charge in [-0.15, -0.1) is 11.3 Å². The Bertz CT molecular complexity index is 4560. The van der Waals surface area contributed by atoms with E-state index in [0.717, 1.165) is 93.6 Å². The van der Waals surface area contributed by atoms with Gasteiger partial charge in [-0.05, 0) is 95.6 Å². The molecule has 3 atom stereocenters. The molecule has 8 heteroatoms. The minimum absolute atomic E-state index is 0.264. The largest absolute Gasteiger partial charge is 0.456 e. The summed E-state index contributed by atoms with van der Waals surface area (Å²) >= 11 is 1.85. The smallest absolute Gasteiger partial charge is 0.159 e. The average molecular weight is 931 g/mol. The summed E-state index contributed by atoms with van der Waals surface area (Å²) in [5, 5.41) is 12.6. The summed E-state index contributed by atoms with van der Waals surface area (Å²) in [6.45, 7) is 0. The number of hydrogen-bond donors (Lipinski definition) is 1. The lowest BCUT2D eigenvalue weighted by Gasteiger charge is -2.28. The second-order valence-corrected chi connectivity index (χ2v) is 19.9. The van der Waals surface area contributed by atoms with Gasteiger partial charge in [0, 0.05) is 86.5 Å². The fourth-order valence-electron chi connectivity index (χ4n) is 11.6. The van der Waals surface area contributed by atoms with Crippen molar-refractivity contribution in [3.05, 3.63) is 229 Å². The van der Waals surface area contributed by atoms with E-state index >= 15 is 0 Å². The first-order valence-electron chi connectivity index (χ1n) is 24.0. The van der Waals surface area contributed by atoms with Crippen LogP contribution in [0.3, 0.4) is 0 Å². The predicted molar refractivity (Wildman–Crippen MR) is 292 cm³/mol. The third-order valence-electron chi connectivity index (χ3n) is 14.9. The highest BCUT2D eigenvalue weighted by Crippen LogP contribution is 2.49. The number of thiophene rings is 1. The lowest BCUT2D eigenvalue weighted by Crippen LogP contribution is -2.33. The third kappa shape index (κ3) is 5.89. The molecule has 0 bridgehead atoms. The summed E-state index contributed by atoms with van der Waals surface area (Å²) in [5.74, 6) is 1.65. The number of aliphatic imine (C=N–C) groups is 2. The lowest BCUT2D eigenvalue weighted by atomic mass is 9.91. The summed E-state index contributed by atoms with van der Waals surface area (Å²) in [5.41, 5.74) is 13.8. The minimum Gasteiger partial charge on any atom is -0.456 e. The lowest BCUT2D eigenvalue weighted by molar-refractivity contribution is 0.655. The van der Waals surface area contributed by atoms with E-state index in [4.69, 9.17) is 23.2 Å². The molecule has 0 spiro atoms. The number of nitrogens with one attached hydrogen (secondary N) is 1. The molecule has 0 radical (unpaired) electrons. The van der Waals surface area contributed by atoms with Crippen LogP contribution in [0.4, 0.5) is 11.4 Å². The van der Waals surface area contributed by atoms with Gasteiger partial charge < -0.3 is 23.5 Å². The van der Waals surface area contributed by atoms with E-state index in [1.807, 2.05) is 59.9 Å². The van der Waals surface area contributed by atoms with Crippen LogP contribution in [0.15, 0.2) is 230 Å². The summed E-state index contributed by atoms with van der Waals surface area (Å²) in [4.78, 5) is 13.1. The second-order valence-electron chi connectivity index (χ2n) is 18.8. The molecular weight excluding hydrogens is 893 g/mol. The molecule has 7 nitrogen and oxygen atoms in total. The van der Waals surface area contributed by atoms with Crippen LogP contribution >= 0.6 is 11.3 Å². The standard InChI is InChI=1S/C63H38N4O3S/c1-5-15-50-40(10-1)41-11-2-6-16-51(41)67(50)39-24-29-58-49(34-39)46-27-20-36(33-59(46)71-58)35-21-28-47-57(30-35)70-54-19-9-14-48(60(47)54)63-65-61(37-22-25-44-42-12-3-7-17-52(42)68-55(44)31-37)64-62(66-63)38-23-26-45-43-13-4-8-18-53(43)69-56(45)32-38/h1-34,40,50,61H,(H,64,65,66). The summed E-state index contributed by atoms with van der Waals surface area (Å²) < 4.78 is 22.0. The third-order valence-corrected chi connectivity index (χ3v) is 16.0. The average Bonchev–Trinajstić information content (AvgIpc) is 4.25. The number of anilines is 2. The molecule has 9 aromatic carbocycles. The molecule has 0 fully saturated rings. The number of amidine groups is 2. The normalized spacial score (nSPS) is 17.6. The van der Waals surface area contributed by atoms with Crippen molar-refractivity contribution in [3.63, 3.8) is 0 Å². The first kappa shape index (κ1) is 38.9. The van der Waals surface area contributed by atoms with Crippen LogP contribution in [0, 0.1) is 0 Å². The number of furan rings is 3. The Morgan fingerprint density at radius 2 is 1.14 bits per heavy atom. The number of para-hydroxylation sites is 3. The van der Waals surface area contributed by atoms with Gasteiger partial charge in [0.05, 0.1) is 6.04 Å². The van der Waals surface area contributed by atoms with Crippen molar-refractivity contribution in [1.82, 2.24) is 5.32 Å². The number of hydrogen-bond acceptors (Lipinski definition) is 8. The van der Waals surface area contributed by atoms with Crippen molar-refractivity contribution in [2.75, 3.05) is 4.90 Å². The monoisotopic (exact) mass is 930 g/mol. The van der Waals surface area contributed by atoms with Crippen LogP contribution in [0.5, 0.6) is 0 Å². The predicted octanol–water partition coefficient (Wildman–Crippen LogP) is 16.6. The molecule has 2 aliphatic heterocycles. The Kier molecular flexibility index (Phi) is 8.09. The second kappa shape index (κ2) is 14.8. The van der Waals surface area contributed by atoms with Gasteiger partial charge in [0.25, 0.3) is 0 Å². The first-order chi connectivity index (χ1) is 35.1. The number of benzene rings is 9. The van der Waals surface area contributed by atoms with E-state index < -0.39 is 6.17 Å². The minimum atomic E-state index is -0.465. The van der Waals surface area contributed by atoms with Gasteiger partial charge in [0.2, 0.25) is 0 Å². The zero-order valence-corrected chi connectivity index (χ0v) is 38.7. The molecule has 13 aromatic rings. The van der Waals surface area contributed by atoms with Gasteiger partial charge in [0.1, 0.15) is 45.5 Å². The number of nitrogens with zero attached hydrogens (tertiary/aromatic N) is 3. The maximum Gasteiger partial charge on any atom is 0.159 e. The van der Waals surface area contributed by atoms with E-state index in [1.54, 1.807) is 0 Å². The van der Waals surface area contributed by atoms with Crippen LogP contribution in [0.2, 0.25) is 0 Å². The highest BCUT2D eigenvalue weighted by Gasteiger charge is 2.37. The van der Waals surface area contributed by atoms with Crippen LogP contribution in [0.1, 0.15) is 34.3 Å². The van der Waals surface area contributed by atoms with Gasteiger partial charge in [-0.3, -0.25) is 0 Å². The van der Waals surface area contributed by atoms with E-state index in [1.165, 1.54) is 37.1 Å². The Morgan fingerprint density at radius 3 is 2.01 bits per heavy atom. The maximum atomic E-state index is 6.73. The number of rotatable bonds is 5. The van der Waals surface area contributed by atoms with E-state index in [9.17, 15) is 0 Å². The Hall–Kier alpha value is -8.98. The molecule has 16 rings (SSSR count). The fraction of sp³-hybridized carbons (Fsp3) is 0.0476. The SMILES string of the molecule is C1=CC2c3ccccc3N(c3ccc4sc5cc(-c6ccc7c(c6)oc6cccc(C8=NC(c9ccc%10c(c9)oc9ccccc9%10)=NC(c9ccc%10c(c9)oc9ccccc9%10)N8)c67)ccc5c4c3)C2C=C1. The van der Waals surface area contributed by atoms with Gasteiger partial charge in [-0.2, -0.15) is 0 Å². The molecule has 3 aliphatic rings. The van der Waals surface area contributed by atoms with Crippen LogP contribution in [0.25, 0.3) is 97.1 Å². The van der Waals surface area contributed by atoms with Crippen molar-refractivity contribution >= 4 is 120 Å². The summed E-state index contributed by atoms with van der Waals surface area (Å²) in [7, 11) is 0. The van der Waals surface area contributed by atoms with Crippen molar-refractivity contribution in [2.24, 2.45) is 9.98 Å². The van der Waals surface area contributed by atoms with Gasteiger partial charge >= 0.3 is 0 Å². The fourth-order valence-corrected chi connectivity index (χ4v) is 12.7. The van der Waals surface area contributed by atoms with Gasteiger partial charge in [-0.1, -0.05) is 127 Å². The van der Waals surface area contributed by atoms with Crippen LogP contribution in [-0.2, 0) is 0 Å². The van der Waals surface area contributed by atoms with Crippen molar-refractivity contribution in [3.8, 4) is 11.1 Å². The van der Waals surface area contributed by atoms with Crippen LogP contribution < -0.4 is 10.2 Å². The zero-order valence-electron chi connectivity index (χ0n) is 37.8. The van der Waals surface area contributed by atoms with E-state index in [0.29, 0.717) is 17.6 Å². The molecule has 4 aromatic heterocycles. The molecule has 1 aliphatic carbocycles. The molecule has 71 heavy (non-hydrogen) atoms. The molecule has 0 amide bonds. The van der Waals surface area contributed by atoms with Crippen LogP contribution in [-0.4, -0.2) is 17.7 Å². The molecular formula is C63H38N4O3S.